The van der Waals surface area contributed by atoms with Crippen LogP contribution in [0.4, 0.5) is 5.69 Å². The van der Waals surface area contributed by atoms with Crippen molar-refractivity contribution >= 4 is 22.6 Å². The van der Waals surface area contributed by atoms with Crippen molar-refractivity contribution in [3.05, 3.63) is 57.3 Å². The van der Waals surface area contributed by atoms with E-state index >= 15 is 0 Å². The first-order chi connectivity index (χ1) is 13.5. The maximum absolute atomic E-state index is 13.2. The summed E-state index contributed by atoms with van der Waals surface area (Å²) in [6, 6.07) is 7.76. The van der Waals surface area contributed by atoms with Gasteiger partial charge in [-0.25, -0.2) is 4.98 Å². The Kier molecular flexibility index (Phi) is 4.79. The Labute approximate surface area is 164 Å². The smallest absolute Gasteiger partial charge is 0.278 e. The third kappa shape index (κ3) is 3.23. The summed E-state index contributed by atoms with van der Waals surface area (Å²) >= 11 is 0. The minimum Gasteiger partial charge on any atom is -0.330 e. The number of carbonyl (C=O) groups is 1. The molecule has 1 amide bonds. The number of nitrogens with one attached hydrogen (secondary N) is 1. The number of rotatable bonds is 3. The lowest BCUT2D eigenvalue weighted by atomic mass is 10.1. The second-order valence-electron chi connectivity index (χ2n) is 7.70. The molecule has 28 heavy (non-hydrogen) atoms. The van der Waals surface area contributed by atoms with Crippen LogP contribution in [0, 0.1) is 20.8 Å². The van der Waals surface area contributed by atoms with Gasteiger partial charge in [0.15, 0.2) is 0 Å². The van der Waals surface area contributed by atoms with E-state index in [9.17, 15) is 9.59 Å². The molecule has 0 fully saturated rings. The molecule has 6 heteroatoms. The highest BCUT2D eigenvalue weighted by atomic mass is 16.2. The van der Waals surface area contributed by atoms with Crippen LogP contribution in [0.25, 0.3) is 11.0 Å². The third-order valence-electron chi connectivity index (χ3n) is 5.76. The zero-order valence-corrected chi connectivity index (χ0v) is 16.7. The number of aromatic nitrogens is 3. The zero-order valence-electron chi connectivity index (χ0n) is 16.7. The molecule has 146 valence electrons. The Bertz CT molecular complexity index is 1120. The van der Waals surface area contributed by atoms with Gasteiger partial charge < -0.3 is 9.88 Å². The van der Waals surface area contributed by atoms with Crippen molar-refractivity contribution in [1.29, 1.82) is 0 Å². The monoisotopic (exact) mass is 378 g/mol. The van der Waals surface area contributed by atoms with E-state index in [0.29, 0.717) is 17.6 Å². The number of anilines is 1. The normalized spacial score (nSPS) is 14.0. The van der Waals surface area contributed by atoms with Crippen molar-refractivity contribution in [2.75, 3.05) is 5.32 Å². The van der Waals surface area contributed by atoms with Crippen LogP contribution in [0.5, 0.6) is 0 Å². The van der Waals surface area contributed by atoms with Crippen molar-refractivity contribution in [3.8, 4) is 0 Å². The molecular weight excluding hydrogens is 352 g/mol. The van der Waals surface area contributed by atoms with E-state index in [0.717, 1.165) is 54.0 Å². The van der Waals surface area contributed by atoms with Crippen LogP contribution in [0.3, 0.4) is 0 Å². The fourth-order valence-corrected chi connectivity index (χ4v) is 3.99. The van der Waals surface area contributed by atoms with Gasteiger partial charge in [0, 0.05) is 24.3 Å². The fraction of sp³-hybridized carbons (Fsp3) is 0.409. The molecule has 0 atom stereocenters. The number of aryl methyl sites for hydroxylation is 3. The molecule has 6 nitrogen and oxygen atoms in total. The third-order valence-corrected chi connectivity index (χ3v) is 5.76. The molecule has 1 aliphatic heterocycles. The van der Waals surface area contributed by atoms with E-state index < -0.39 is 0 Å². The number of hydrogen-bond acceptors (Lipinski definition) is 3. The summed E-state index contributed by atoms with van der Waals surface area (Å²) in [7, 11) is 0. The molecule has 3 heterocycles. The van der Waals surface area contributed by atoms with Crippen LogP contribution < -0.4 is 10.9 Å². The van der Waals surface area contributed by atoms with Gasteiger partial charge in [0.05, 0.1) is 5.52 Å². The minimum absolute atomic E-state index is 0.0328. The summed E-state index contributed by atoms with van der Waals surface area (Å²) in [5.74, 6) is 0.723. The summed E-state index contributed by atoms with van der Waals surface area (Å²) in [4.78, 5) is 30.6. The zero-order chi connectivity index (χ0) is 19.8. The molecule has 3 aromatic rings. The van der Waals surface area contributed by atoms with Crippen LogP contribution in [0.15, 0.2) is 29.1 Å². The second-order valence-corrected chi connectivity index (χ2v) is 7.70. The Morgan fingerprint density at radius 2 is 2.00 bits per heavy atom. The van der Waals surface area contributed by atoms with Crippen LogP contribution in [0.1, 0.15) is 41.9 Å². The Morgan fingerprint density at radius 1 is 1.18 bits per heavy atom. The van der Waals surface area contributed by atoms with E-state index in [1.165, 1.54) is 0 Å². The summed E-state index contributed by atoms with van der Waals surface area (Å²) < 4.78 is 3.59. The fourth-order valence-electron chi connectivity index (χ4n) is 3.99. The van der Waals surface area contributed by atoms with Crippen LogP contribution in [-0.4, -0.2) is 20.0 Å². The van der Waals surface area contributed by atoms with Gasteiger partial charge in [-0.05, 0) is 56.9 Å². The van der Waals surface area contributed by atoms with E-state index in [1.807, 2.05) is 45.0 Å². The maximum atomic E-state index is 13.2. The van der Waals surface area contributed by atoms with E-state index in [2.05, 4.69) is 5.32 Å². The number of carbonyl (C=O) groups excluding carboxylic acids is 1. The molecule has 1 N–H and O–H groups in total. The summed E-state index contributed by atoms with van der Waals surface area (Å²) in [5, 5.41) is 2.98. The van der Waals surface area contributed by atoms with Gasteiger partial charge in [-0.2, -0.15) is 0 Å². The van der Waals surface area contributed by atoms with Gasteiger partial charge >= 0.3 is 0 Å². The summed E-state index contributed by atoms with van der Waals surface area (Å²) in [6.45, 7) is 6.73. The summed E-state index contributed by atoms with van der Waals surface area (Å²) in [6.07, 6.45) is 4.01. The highest BCUT2D eigenvalue weighted by Gasteiger charge is 2.19. The molecule has 0 aliphatic carbocycles. The van der Waals surface area contributed by atoms with Crippen molar-refractivity contribution in [2.24, 2.45) is 0 Å². The quantitative estimate of drug-likeness (QED) is 0.758. The highest BCUT2D eigenvalue weighted by Crippen LogP contribution is 2.20. The van der Waals surface area contributed by atoms with E-state index in [1.54, 1.807) is 9.13 Å². The Balaban J connectivity index is 1.70. The highest BCUT2D eigenvalue weighted by molar-refractivity contribution is 5.92. The number of amides is 1. The topological polar surface area (TPSA) is 68.9 Å². The van der Waals surface area contributed by atoms with Crippen molar-refractivity contribution in [2.45, 2.75) is 59.5 Å². The molecular formula is C22H26N4O2. The van der Waals surface area contributed by atoms with Gasteiger partial charge in [-0.3, -0.25) is 14.2 Å². The van der Waals surface area contributed by atoms with Gasteiger partial charge in [0.2, 0.25) is 5.91 Å². The largest absolute Gasteiger partial charge is 0.330 e. The number of hydrogen-bond donors (Lipinski definition) is 1. The Morgan fingerprint density at radius 3 is 2.82 bits per heavy atom. The van der Waals surface area contributed by atoms with Gasteiger partial charge in [-0.15, -0.1) is 0 Å². The van der Waals surface area contributed by atoms with E-state index in [4.69, 9.17) is 4.98 Å². The molecule has 0 bridgehead atoms. The molecule has 1 aliphatic rings. The number of fused-ring (bicyclic) bond motifs is 2. The first-order valence-corrected chi connectivity index (χ1v) is 9.91. The van der Waals surface area contributed by atoms with E-state index in [-0.39, 0.29) is 18.0 Å². The molecule has 1 aromatic carbocycles. The lowest BCUT2D eigenvalue weighted by Gasteiger charge is -2.13. The lowest BCUT2D eigenvalue weighted by molar-refractivity contribution is -0.116. The van der Waals surface area contributed by atoms with Crippen molar-refractivity contribution in [1.82, 2.24) is 14.1 Å². The first-order valence-electron chi connectivity index (χ1n) is 9.91. The van der Waals surface area contributed by atoms with Crippen LogP contribution >= 0.6 is 0 Å². The SMILES string of the molecule is Cc1cccc(NC(=O)Cn2c(C)cc3nc4n(c(=O)c32)CCCCC4)c1C. The number of nitrogens with zero attached hydrogens (tertiary/aromatic N) is 3. The molecule has 0 unspecified atom stereocenters. The number of benzene rings is 1. The van der Waals surface area contributed by atoms with Crippen molar-refractivity contribution < 1.29 is 4.79 Å². The van der Waals surface area contributed by atoms with Crippen molar-refractivity contribution in [3.63, 3.8) is 0 Å². The molecule has 4 rings (SSSR count). The Hall–Kier alpha value is -2.89. The molecule has 2 aromatic heterocycles. The summed E-state index contributed by atoms with van der Waals surface area (Å²) in [5.41, 5.74) is 5.05. The van der Waals surface area contributed by atoms with Crippen LogP contribution in [0.2, 0.25) is 0 Å². The standard InChI is InChI=1S/C22H26N4O2/c1-14-8-7-9-17(16(14)3)24-20(27)13-26-15(2)12-18-21(26)22(28)25-11-6-4-5-10-19(25)23-18/h7-9,12H,4-6,10-11,13H2,1-3H3,(H,24,27). The van der Waals surface area contributed by atoms with Crippen LogP contribution in [-0.2, 0) is 24.3 Å². The molecule has 0 saturated heterocycles. The lowest BCUT2D eigenvalue weighted by Crippen LogP contribution is -2.28. The molecule has 0 radical (unpaired) electrons. The average Bonchev–Trinajstić information content (AvgIpc) is 2.82. The predicted octanol–water partition coefficient (Wildman–Crippen LogP) is 3.49. The van der Waals surface area contributed by atoms with Gasteiger partial charge in [0.1, 0.15) is 17.9 Å². The van der Waals surface area contributed by atoms with Gasteiger partial charge in [0.25, 0.3) is 5.56 Å². The van der Waals surface area contributed by atoms with Gasteiger partial charge in [-0.1, -0.05) is 18.6 Å². The maximum Gasteiger partial charge on any atom is 0.278 e. The first kappa shape index (κ1) is 18.5. The predicted molar refractivity (Wildman–Crippen MR) is 111 cm³/mol. The minimum atomic E-state index is -0.145. The molecule has 0 spiro atoms. The molecule has 0 saturated carbocycles. The average molecular weight is 378 g/mol. The second kappa shape index (κ2) is 7.26.